The number of hydrogen-bond donors (Lipinski definition) is 1. The van der Waals surface area contributed by atoms with E-state index in [0.29, 0.717) is 6.61 Å². The van der Waals surface area contributed by atoms with E-state index in [2.05, 4.69) is 31.1 Å². The van der Waals surface area contributed by atoms with Gasteiger partial charge in [-0.1, -0.05) is 20.8 Å². The molecule has 0 bridgehead atoms. The molecule has 21 heavy (non-hydrogen) atoms. The second-order valence-corrected chi connectivity index (χ2v) is 7.69. The summed E-state index contributed by atoms with van der Waals surface area (Å²) in [7, 11) is 0. The van der Waals surface area contributed by atoms with Crippen molar-refractivity contribution < 1.29 is 14.3 Å². The minimum Gasteiger partial charge on any atom is -0.461 e. The Morgan fingerprint density at radius 2 is 1.90 bits per heavy atom. The van der Waals surface area contributed by atoms with E-state index in [9.17, 15) is 9.59 Å². The molecule has 0 aliphatic rings. The molecule has 0 atom stereocenters. The smallest absolute Gasteiger partial charge is 0.367 e. The molecular formula is C15H24N2O3S. The minimum atomic E-state index is -0.490. The maximum atomic E-state index is 12.2. The van der Waals surface area contributed by atoms with Crippen molar-refractivity contribution in [1.82, 2.24) is 10.3 Å². The molecule has 0 aliphatic heterocycles. The van der Waals surface area contributed by atoms with Gasteiger partial charge in [0.25, 0.3) is 5.91 Å². The number of ether oxygens (including phenoxy) is 1. The van der Waals surface area contributed by atoms with Gasteiger partial charge in [0.2, 0.25) is 5.01 Å². The molecule has 6 heteroatoms. The van der Waals surface area contributed by atoms with Gasteiger partial charge in [0.15, 0.2) is 0 Å². The number of rotatable bonds is 5. The summed E-state index contributed by atoms with van der Waals surface area (Å²) in [6.45, 7) is 12.4. The first kappa shape index (κ1) is 17.6. The zero-order valence-electron chi connectivity index (χ0n) is 13.6. The van der Waals surface area contributed by atoms with Gasteiger partial charge in [-0.15, -0.1) is 11.3 Å². The van der Waals surface area contributed by atoms with E-state index in [1.54, 1.807) is 12.3 Å². The van der Waals surface area contributed by atoms with E-state index in [4.69, 9.17) is 4.74 Å². The number of hydrogen-bond acceptors (Lipinski definition) is 5. The predicted molar refractivity (Wildman–Crippen MR) is 83.7 cm³/mol. The molecule has 1 aromatic rings. The molecule has 0 unspecified atom stereocenters. The molecule has 0 saturated carbocycles. The van der Waals surface area contributed by atoms with Crippen LogP contribution in [0.25, 0.3) is 0 Å². The quantitative estimate of drug-likeness (QED) is 0.847. The van der Waals surface area contributed by atoms with Crippen LogP contribution in [0.4, 0.5) is 0 Å². The Morgan fingerprint density at radius 1 is 1.29 bits per heavy atom. The highest BCUT2D eigenvalue weighted by Crippen LogP contribution is 2.27. The summed E-state index contributed by atoms with van der Waals surface area (Å²) < 4.78 is 4.87. The van der Waals surface area contributed by atoms with Gasteiger partial charge in [-0.05, 0) is 32.6 Å². The molecular weight excluding hydrogens is 288 g/mol. The first-order valence-electron chi connectivity index (χ1n) is 6.99. The SMILES string of the molecule is CCOC(=O)c1nc(C(=O)NC(C)(C)CC(C)(C)C)cs1. The Hall–Kier alpha value is -1.43. The van der Waals surface area contributed by atoms with Gasteiger partial charge in [0, 0.05) is 10.9 Å². The van der Waals surface area contributed by atoms with Crippen molar-refractivity contribution in [2.45, 2.75) is 53.5 Å². The fourth-order valence-corrected chi connectivity index (χ4v) is 3.10. The fraction of sp³-hybridized carbons (Fsp3) is 0.667. The number of carbonyl (C=O) groups is 2. The molecule has 0 aromatic carbocycles. The summed E-state index contributed by atoms with van der Waals surface area (Å²) in [6, 6.07) is 0. The van der Waals surface area contributed by atoms with E-state index in [1.165, 1.54) is 0 Å². The summed E-state index contributed by atoms with van der Waals surface area (Å²) in [5.41, 5.74) is 0.0166. The Bertz CT molecular complexity index is 515. The van der Waals surface area contributed by atoms with Crippen LogP contribution in [-0.2, 0) is 4.74 Å². The lowest BCUT2D eigenvalue weighted by Gasteiger charge is -2.33. The minimum absolute atomic E-state index is 0.106. The lowest BCUT2D eigenvalue weighted by Crippen LogP contribution is -2.45. The number of thiazole rings is 1. The zero-order chi connectivity index (χ0) is 16.3. The summed E-state index contributed by atoms with van der Waals surface area (Å²) in [6.07, 6.45) is 0.834. The molecule has 0 aliphatic carbocycles. The van der Waals surface area contributed by atoms with Crippen LogP contribution in [0.3, 0.4) is 0 Å². The lowest BCUT2D eigenvalue weighted by molar-refractivity contribution is 0.0526. The van der Waals surface area contributed by atoms with Crippen LogP contribution in [0.2, 0.25) is 0 Å². The second kappa shape index (κ2) is 6.56. The van der Waals surface area contributed by atoms with E-state index < -0.39 is 5.97 Å². The largest absolute Gasteiger partial charge is 0.461 e. The highest BCUT2D eigenvalue weighted by molar-refractivity contribution is 7.11. The van der Waals surface area contributed by atoms with Gasteiger partial charge >= 0.3 is 5.97 Å². The third-order valence-electron chi connectivity index (χ3n) is 2.61. The maximum Gasteiger partial charge on any atom is 0.367 e. The molecule has 5 nitrogen and oxygen atoms in total. The number of aromatic nitrogens is 1. The van der Waals surface area contributed by atoms with Crippen molar-refractivity contribution in [3.8, 4) is 0 Å². The van der Waals surface area contributed by atoms with E-state index in [0.717, 1.165) is 17.8 Å². The monoisotopic (exact) mass is 312 g/mol. The Morgan fingerprint density at radius 3 is 2.43 bits per heavy atom. The van der Waals surface area contributed by atoms with Crippen LogP contribution in [-0.4, -0.2) is 29.0 Å². The predicted octanol–water partition coefficient (Wildman–Crippen LogP) is 3.26. The van der Waals surface area contributed by atoms with Crippen LogP contribution < -0.4 is 5.32 Å². The molecule has 0 radical (unpaired) electrons. The highest BCUT2D eigenvalue weighted by atomic mass is 32.1. The third-order valence-corrected chi connectivity index (χ3v) is 3.43. The highest BCUT2D eigenvalue weighted by Gasteiger charge is 2.28. The average Bonchev–Trinajstić information content (AvgIpc) is 2.74. The molecule has 0 fully saturated rings. The molecule has 1 amide bonds. The van der Waals surface area contributed by atoms with Crippen LogP contribution in [0, 0.1) is 5.41 Å². The van der Waals surface area contributed by atoms with Gasteiger partial charge in [-0.2, -0.15) is 0 Å². The van der Waals surface area contributed by atoms with Gasteiger partial charge < -0.3 is 10.1 Å². The summed E-state index contributed by atoms with van der Waals surface area (Å²) in [5.74, 6) is -0.758. The Labute approximate surface area is 130 Å². The molecule has 1 heterocycles. The van der Waals surface area contributed by atoms with E-state index >= 15 is 0 Å². The second-order valence-electron chi connectivity index (χ2n) is 6.83. The van der Waals surface area contributed by atoms with Crippen molar-refractivity contribution in [2.24, 2.45) is 5.41 Å². The zero-order valence-corrected chi connectivity index (χ0v) is 14.4. The van der Waals surface area contributed by atoms with Crippen LogP contribution >= 0.6 is 11.3 Å². The topological polar surface area (TPSA) is 68.3 Å². The molecule has 118 valence electrons. The number of esters is 1. The lowest BCUT2D eigenvalue weighted by atomic mass is 9.82. The molecule has 0 saturated heterocycles. The van der Waals surface area contributed by atoms with Gasteiger partial charge in [-0.25, -0.2) is 9.78 Å². The maximum absolute atomic E-state index is 12.2. The van der Waals surface area contributed by atoms with Gasteiger partial charge in [0.05, 0.1) is 6.61 Å². The van der Waals surface area contributed by atoms with Crippen LogP contribution in [0.15, 0.2) is 5.38 Å². The van der Waals surface area contributed by atoms with E-state index in [-0.39, 0.29) is 27.6 Å². The Kier molecular flexibility index (Phi) is 5.50. The average molecular weight is 312 g/mol. The summed E-state index contributed by atoms with van der Waals surface area (Å²) in [5, 5.41) is 4.75. The van der Waals surface area contributed by atoms with Crippen LogP contribution in [0.5, 0.6) is 0 Å². The Balaban J connectivity index is 2.74. The van der Waals surface area contributed by atoms with Crippen molar-refractivity contribution in [3.63, 3.8) is 0 Å². The molecule has 1 aromatic heterocycles. The van der Waals surface area contributed by atoms with Gasteiger partial charge in [0.1, 0.15) is 5.69 Å². The first-order valence-corrected chi connectivity index (χ1v) is 7.87. The summed E-state index contributed by atoms with van der Waals surface area (Å²) in [4.78, 5) is 27.8. The number of amides is 1. The molecule has 1 N–H and O–H groups in total. The van der Waals surface area contributed by atoms with Gasteiger partial charge in [-0.3, -0.25) is 4.79 Å². The molecule has 1 rings (SSSR count). The number of carbonyl (C=O) groups excluding carboxylic acids is 2. The number of nitrogens with zero attached hydrogens (tertiary/aromatic N) is 1. The van der Waals surface area contributed by atoms with Crippen LogP contribution in [0.1, 0.15) is 68.3 Å². The fourth-order valence-electron chi connectivity index (χ4n) is 2.41. The third kappa shape index (κ3) is 5.83. The normalized spacial score (nSPS) is 12.1. The standard InChI is InChI=1S/C15H24N2O3S/c1-7-20-13(19)12-16-10(8-21-12)11(18)17-15(5,6)9-14(2,3)4/h8H,7,9H2,1-6H3,(H,17,18). The molecule has 0 spiro atoms. The van der Waals surface area contributed by atoms with E-state index in [1.807, 2.05) is 13.8 Å². The van der Waals surface area contributed by atoms with Crippen molar-refractivity contribution >= 4 is 23.2 Å². The number of nitrogens with one attached hydrogen (secondary N) is 1. The first-order chi connectivity index (χ1) is 9.54. The summed E-state index contributed by atoms with van der Waals surface area (Å²) >= 11 is 1.12. The van der Waals surface area contributed by atoms with Crippen molar-refractivity contribution in [2.75, 3.05) is 6.61 Å². The van der Waals surface area contributed by atoms with Crippen molar-refractivity contribution in [1.29, 1.82) is 0 Å². The van der Waals surface area contributed by atoms with Crippen molar-refractivity contribution in [3.05, 3.63) is 16.1 Å².